The van der Waals surface area contributed by atoms with E-state index in [2.05, 4.69) is 51.3 Å². The Hall–Kier alpha value is -1.34. The van der Waals surface area contributed by atoms with E-state index in [0.29, 0.717) is 25.7 Å². The van der Waals surface area contributed by atoms with Crippen molar-refractivity contribution in [1.82, 2.24) is 15.2 Å². The summed E-state index contributed by atoms with van der Waals surface area (Å²) in [6.07, 6.45) is 6.04. The van der Waals surface area contributed by atoms with Crippen molar-refractivity contribution < 1.29 is 9.53 Å². The lowest BCUT2D eigenvalue weighted by molar-refractivity contribution is -0.120. The first-order chi connectivity index (χ1) is 13.0. The Morgan fingerprint density at radius 2 is 2.26 bits per heavy atom. The summed E-state index contributed by atoms with van der Waals surface area (Å²) in [7, 11) is 2.11. The van der Waals surface area contributed by atoms with Gasteiger partial charge in [-0.25, -0.2) is 4.98 Å². The number of rotatable bonds is 11. The number of hydrogen-bond donors (Lipinski definition) is 1. The predicted molar refractivity (Wildman–Crippen MR) is 111 cm³/mol. The SMILES string of the molecule is C=CCOCc1ccc(Br)nc1CC(=O)[C@@H]1C[C@@]2(CN(C)CC=C)C[C@H]2N1. The molecule has 3 rings (SSSR count). The minimum atomic E-state index is -0.0800. The van der Waals surface area contributed by atoms with Crippen molar-refractivity contribution in [2.75, 3.05) is 26.7 Å². The van der Waals surface area contributed by atoms with Crippen LogP contribution in [0.25, 0.3) is 0 Å². The number of aromatic nitrogens is 1. The van der Waals surface area contributed by atoms with Crippen LogP contribution in [0.15, 0.2) is 42.0 Å². The second-order valence-electron chi connectivity index (χ2n) is 7.71. The molecule has 0 spiro atoms. The highest BCUT2D eigenvalue weighted by Crippen LogP contribution is 2.55. The Balaban J connectivity index is 1.61. The summed E-state index contributed by atoms with van der Waals surface area (Å²) in [6, 6.07) is 4.23. The Morgan fingerprint density at radius 3 is 3.00 bits per heavy atom. The summed E-state index contributed by atoms with van der Waals surface area (Å²) in [4.78, 5) is 19.7. The molecule has 146 valence electrons. The number of carbonyl (C=O) groups excluding carboxylic acids is 1. The van der Waals surface area contributed by atoms with Crippen LogP contribution in [0.1, 0.15) is 24.1 Å². The highest BCUT2D eigenvalue weighted by molar-refractivity contribution is 9.10. The van der Waals surface area contributed by atoms with E-state index in [1.165, 1.54) is 0 Å². The van der Waals surface area contributed by atoms with Crippen LogP contribution in [-0.4, -0.2) is 54.5 Å². The molecule has 0 unspecified atom stereocenters. The van der Waals surface area contributed by atoms with Gasteiger partial charge in [-0.3, -0.25) is 4.79 Å². The molecule has 0 aromatic carbocycles. The zero-order valence-corrected chi connectivity index (χ0v) is 17.5. The second kappa shape index (κ2) is 8.78. The van der Waals surface area contributed by atoms with Crippen LogP contribution in [-0.2, 0) is 22.6 Å². The van der Waals surface area contributed by atoms with Gasteiger partial charge >= 0.3 is 0 Å². The average Bonchev–Trinajstić information content (AvgIpc) is 3.16. The van der Waals surface area contributed by atoms with Crippen molar-refractivity contribution in [1.29, 1.82) is 0 Å². The fraction of sp³-hybridized carbons (Fsp3) is 0.524. The summed E-state index contributed by atoms with van der Waals surface area (Å²) < 4.78 is 6.29. The van der Waals surface area contributed by atoms with Crippen molar-refractivity contribution >= 4 is 21.7 Å². The fourth-order valence-corrected chi connectivity index (χ4v) is 4.46. The van der Waals surface area contributed by atoms with E-state index in [-0.39, 0.29) is 17.2 Å². The number of halogens is 1. The van der Waals surface area contributed by atoms with Crippen LogP contribution in [0.3, 0.4) is 0 Å². The molecule has 2 heterocycles. The molecule has 1 aliphatic heterocycles. The normalized spacial score (nSPS) is 26.0. The number of Topliss-reactive ketones (excluding diaryl/α,β-unsaturated/α-hetero) is 1. The highest BCUT2D eigenvalue weighted by Gasteiger charge is 2.61. The number of pyridine rings is 1. The van der Waals surface area contributed by atoms with Gasteiger partial charge in [-0.05, 0) is 47.4 Å². The molecule has 0 amide bonds. The lowest BCUT2D eigenvalue weighted by Gasteiger charge is -2.21. The smallest absolute Gasteiger partial charge is 0.155 e. The zero-order valence-electron chi connectivity index (χ0n) is 15.9. The maximum Gasteiger partial charge on any atom is 0.155 e. The molecule has 2 aliphatic rings. The minimum absolute atomic E-state index is 0.0800. The van der Waals surface area contributed by atoms with Crippen molar-refractivity contribution in [3.63, 3.8) is 0 Å². The largest absolute Gasteiger partial charge is 0.373 e. The number of hydrogen-bond acceptors (Lipinski definition) is 5. The fourth-order valence-electron chi connectivity index (χ4n) is 4.11. The topological polar surface area (TPSA) is 54.5 Å². The quantitative estimate of drug-likeness (QED) is 0.330. The van der Waals surface area contributed by atoms with Crippen molar-refractivity contribution in [3.05, 3.63) is 53.3 Å². The Kier molecular flexibility index (Phi) is 6.63. The van der Waals surface area contributed by atoms with Crippen molar-refractivity contribution in [2.24, 2.45) is 5.41 Å². The van der Waals surface area contributed by atoms with Crippen LogP contribution in [0.5, 0.6) is 0 Å². The number of likely N-dealkylation sites (N-methyl/N-ethyl adjacent to an activating group) is 1. The molecule has 3 atom stereocenters. The third kappa shape index (κ3) is 4.93. The van der Waals surface area contributed by atoms with Gasteiger partial charge in [-0.2, -0.15) is 0 Å². The van der Waals surface area contributed by atoms with Gasteiger partial charge in [0.25, 0.3) is 0 Å². The maximum absolute atomic E-state index is 12.9. The molecule has 1 N–H and O–H groups in total. The number of carbonyl (C=O) groups is 1. The van der Waals surface area contributed by atoms with E-state index in [1.807, 2.05) is 18.2 Å². The zero-order chi connectivity index (χ0) is 19.4. The Labute approximate surface area is 170 Å². The molecule has 0 radical (unpaired) electrons. The monoisotopic (exact) mass is 433 g/mol. The number of piperidine rings is 1. The minimum Gasteiger partial charge on any atom is -0.373 e. The predicted octanol–water partition coefficient (Wildman–Crippen LogP) is 2.90. The van der Waals surface area contributed by atoms with E-state index in [9.17, 15) is 4.79 Å². The van der Waals surface area contributed by atoms with Gasteiger partial charge in [0.05, 0.1) is 31.4 Å². The molecule has 1 aliphatic carbocycles. The molecule has 6 heteroatoms. The molecule has 1 saturated heterocycles. The van der Waals surface area contributed by atoms with E-state index < -0.39 is 0 Å². The number of nitrogens with zero attached hydrogens (tertiary/aromatic N) is 2. The number of fused-ring (bicyclic) bond motifs is 1. The summed E-state index contributed by atoms with van der Waals surface area (Å²) in [5, 5.41) is 3.54. The molecule has 1 aromatic heterocycles. The molecular formula is C21H28BrN3O2. The van der Waals surface area contributed by atoms with Crippen molar-refractivity contribution in [2.45, 2.75) is 38.0 Å². The van der Waals surface area contributed by atoms with Crippen LogP contribution in [0, 0.1) is 5.41 Å². The van der Waals surface area contributed by atoms with Gasteiger partial charge in [-0.1, -0.05) is 18.2 Å². The van der Waals surface area contributed by atoms with Gasteiger partial charge in [0.1, 0.15) is 4.60 Å². The van der Waals surface area contributed by atoms with E-state index in [1.54, 1.807) is 6.08 Å². The number of ketones is 1. The first-order valence-corrected chi connectivity index (χ1v) is 10.2. The molecule has 27 heavy (non-hydrogen) atoms. The first-order valence-electron chi connectivity index (χ1n) is 9.38. The number of nitrogens with one attached hydrogen (secondary N) is 1. The molecule has 0 bridgehead atoms. The number of ether oxygens (including phenoxy) is 1. The molecule has 2 fully saturated rings. The summed E-state index contributed by atoms with van der Waals surface area (Å²) in [6.45, 7) is 10.3. The van der Waals surface area contributed by atoms with Crippen molar-refractivity contribution in [3.8, 4) is 0 Å². The van der Waals surface area contributed by atoms with Gasteiger partial charge in [0.15, 0.2) is 5.78 Å². The summed E-state index contributed by atoms with van der Waals surface area (Å²) >= 11 is 3.41. The first kappa shape index (κ1) is 20.4. The van der Waals surface area contributed by atoms with Crippen LogP contribution < -0.4 is 5.32 Å². The standard InChI is InChI=1S/C21H28BrN3O2/c1-4-8-25(3)14-21-11-17(23-19(21)12-21)18(26)10-16-15(13-27-9-5-2)6-7-20(22)24-16/h4-7,17,19,23H,1-2,8-14H2,3H3/t17-,19+,21-/m0/s1. The van der Waals surface area contributed by atoms with Gasteiger partial charge < -0.3 is 15.0 Å². The van der Waals surface area contributed by atoms with Crippen LogP contribution >= 0.6 is 15.9 Å². The van der Waals surface area contributed by atoms with Crippen LogP contribution in [0.4, 0.5) is 0 Å². The molecule has 1 saturated carbocycles. The highest BCUT2D eigenvalue weighted by atomic mass is 79.9. The third-order valence-corrected chi connectivity index (χ3v) is 5.93. The van der Waals surface area contributed by atoms with E-state index in [0.717, 1.165) is 41.8 Å². The third-order valence-electron chi connectivity index (χ3n) is 5.49. The average molecular weight is 434 g/mol. The summed E-state index contributed by atoms with van der Waals surface area (Å²) in [5.41, 5.74) is 1.99. The molecule has 1 aromatic rings. The Morgan fingerprint density at radius 1 is 1.44 bits per heavy atom. The van der Waals surface area contributed by atoms with E-state index >= 15 is 0 Å². The Bertz CT molecular complexity index is 723. The molecule has 5 nitrogen and oxygen atoms in total. The van der Waals surface area contributed by atoms with E-state index in [4.69, 9.17) is 4.74 Å². The van der Waals surface area contributed by atoms with Crippen LogP contribution in [0.2, 0.25) is 0 Å². The second-order valence-corrected chi connectivity index (χ2v) is 8.53. The van der Waals surface area contributed by atoms with Gasteiger partial charge in [-0.15, -0.1) is 13.2 Å². The molecular weight excluding hydrogens is 406 g/mol. The lowest BCUT2D eigenvalue weighted by atomic mass is 9.94. The lowest BCUT2D eigenvalue weighted by Crippen LogP contribution is -2.35. The maximum atomic E-state index is 12.9. The van der Waals surface area contributed by atoms with Gasteiger partial charge in [0, 0.05) is 24.5 Å². The van der Waals surface area contributed by atoms with Gasteiger partial charge in [0.2, 0.25) is 0 Å². The summed E-state index contributed by atoms with van der Waals surface area (Å²) in [5.74, 6) is 0.212.